The number of ether oxygens (including phenoxy) is 1. The van der Waals surface area contributed by atoms with Crippen molar-refractivity contribution in [2.45, 2.75) is 21.9 Å². The minimum absolute atomic E-state index is 0.0718. The number of hydrogen-bond donors (Lipinski definition) is 1. The van der Waals surface area contributed by atoms with Crippen LogP contribution in [0.15, 0.2) is 69.5 Å². The van der Waals surface area contributed by atoms with Crippen molar-refractivity contribution in [2.75, 3.05) is 18.2 Å². The summed E-state index contributed by atoms with van der Waals surface area (Å²) in [4.78, 5) is 12.3. The lowest BCUT2D eigenvalue weighted by Gasteiger charge is -2.08. The number of thioether (sulfide) groups is 1. The number of carbonyl (C=O) groups excluding carboxylic acids is 1. The van der Waals surface area contributed by atoms with Crippen molar-refractivity contribution < 1.29 is 17.9 Å². The van der Waals surface area contributed by atoms with Crippen molar-refractivity contribution in [1.29, 1.82) is 0 Å². The molecule has 0 atom stereocenters. The van der Waals surface area contributed by atoms with Crippen LogP contribution in [0.4, 0.5) is 5.69 Å². The second-order valence-corrected chi connectivity index (χ2v) is 9.51. The Morgan fingerprint density at radius 3 is 2.43 bits per heavy atom. The van der Waals surface area contributed by atoms with E-state index in [0.29, 0.717) is 21.5 Å². The van der Waals surface area contributed by atoms with Gasteiger partial charge in [-0.2, -0.15) is 0 Å². The fraction of sp³-hybridized carbons (Fsp3) is 0.150. The molecule has 0 aliphatic heterocycles. The first-order valence-electron chi connectivity index (χ1n) is 8.71. The third-order valence-electron chi connectivity index (χ3n) is 4.01. The van der Waals surface area contributed by atoms with E-state index in [1.165, 1.54) is 31.4 Å². The van der Waals surface area contributed by atoms with Gasteiger partial charge >= 0.3 is 0 Å². The topological polar surface area (TPSA) is 98.2 Å². The summed E-state index contributed by atoms with van der Waals surface area (Å²) >= 11 is 7.18. The Hall–Kier alpha value is -2.62. The predicted octanol–water partition coefficient (Wildman–Crippen LogP) is 4.01. The van der Waals surface area contributed by atoms with Gasteiger partial charge in [0.1, 0.15) is 10.8 Å². The average molecular weight is 464 g/mol. The molecule has 1 amide bonds. The quantitative estimate of drug-likeness (QED) is 0.528. The van der Waals surface area contributed by atoms with Gasteiger partial charge < -0.3 is 10.1 Å². The van der Waals surface area contributed by atoms with Gasteiger partial charge in [-0.15, -0.1) is 10.2 Å². The Morgan fingerprint density at radius 2 is 1.83 bits per heavy atom. The fourth-order valence-corrected chi connectivity index (χ4v) is 4.45. The molecule has 0 unspecified atom stereocenters. The fourth-order valence-electron chi connectivity index (χ4n) is 2.45. The van der Waals surface area contributed by atoms with Crippen LogP contribution < -0.4 is 10.1 Å². The number of halogens is 1. The van der Waals surface area contributed by atoms with E-state index >= 15 is 0 Å². The number of nitrogens with zero attached hydrogens (tertiary/aromatic N) is 2. The molecule has 0 radical (unpaired) electrons. The highest BCUT2D eigenvalue weighted by Crippen LogP contribution is 2.27. The van der Waals surface area contributed by atoms with Crippen molar-refractivity contribution in [1.82, 2.24) is 10.2 Å². The molecule has 0 saturated heterocycles. The molecule has 2 aromatic carbocycles. The van der Waals surface area contributed by atoms with Crippen LogP contribution in [0.5, 0.6) is 5.75 Å². The van der Waals surface area contributed by atoms with Gasteiger partial charge in [0.25, 0.3) is 0 Å². The third kappa shape index (κ3) is 5.29. The van der Waals surface area contributed by atoms with E-state index in [0.717, 1.165) is 17.3 Å². The first-order valence-corrected chi connectivity index (χ1v) is 11.6. The molecule has 0 aliphatic carbocycles. The monoisotopic (exact) mass is 463 g/mol. The maximum absolute atomic E-state index is 12.6. The summed E-state index contributed by atoms with van der Waals surface area (Å²) in [5.74, 6) is 0.321. The van der Waals surface area contributed by atoms with Crippen LogP contribution in [0.1, 0.15) is 5.56 Å². The number of aromatic nitrogens is 2. The third-order valence-corrected chi connectivity index (χ3v) is 6.89. The van der Waals surface area contributed by atoms with Crippen LogP contribution in [0.3, 0.4) is 0 Å². The van der Waals surface area contributed by atoms with Crippen LogP contribution in [0.25, 0.3) is 0 Å². The summed E-state index contributed by atoms with van der Waals surface area (Å²) in [6.07, 6.45) is 0. The van der Waals surface area contributed by atoms with Gasteiger partial charge in [0.2, 0.25) is 15.7 Å². The molecule has 156 valence electrons. The molecular formula is C20H18ClN3O4S2. The number of anilines is 1. The molecule has 0 bridgehead atoms. The minimum Gasteiger partial charge on any atom is -0.495 e. The van der Waals surface area contributed by atoms with Crippen LogP contribution in [-0.4, -0.2) is 37.4 Å². The summed E-state index contributed by atoms with van der Waals surface area (Å²) < 4.78 is 30.3. The van der Waals surface area contributed by atoms with Gasteiger partial charge in [-0.3, -0.25) is 4.79 Å². The van der Waals surface area contributed by atoms with Crippen molar-refractivity contribution in [3.05, 3.63) is 65.2 Å². The summed E-state index contributed by atoms with van der Waals surface area (Å²) in [6, 6.07) is 14.3. The Bertz CT molecular complexity index is 1150. The second-order valence-electron chi connectivity index (χ2n) is 6.21. The molecule has 0 fully saturated rings. The Kier molecular flexibility index (Phi) is 6.96. The molecule has 3 rings (SSSR count). The molecule has 1 aromatic heterocycles. The molecule has 0 saturated carbocycles. The van der Waals surface area contributed by atoms with Gasteiger partial charge in [0.15, 0.2) is 5.03 Å². The number of methoxy groups -OCH3 is 1. The number of sulfone groups is 1. The first-order chi connectivity index (χ1) is 14.3. The van der Waals surface area contributed by atoms with E-state index in [1.807, 2.05) is 6.92 Å². The van der Waals surface area contributed by atoms with Gasteiger partial charge in [0, 0.05) is 5.69 Å². The highest BCUT2D eigenvalue weighted by atomic mass is 35.5. The molecule has 0 aliphatic rings. The van der Waals surface area contributed by atoms with E-state index in [-0.39, 0.29) is 21.6 Å². The Balaban J connectivity index is 1.61. The minimum atomic E-state index is -3.74. The van der Waals surface area contributed by atoms with Gasteiger partial charge in [0.05, 0.1) is 22.8 Å². The largest absolute Gasteiger partial charge is 0.495 e. The summed E-state index contributed by atoms with van der Waals surface area (Å²) in [5.41, 5.74) is 1.50. The number of amides is 1. The van der Waals surface area contributed by atoms with Crippen molar-refractivity contribution in [3.8, 4) is 5.75 Å². The van der Waals surface area contributed by atoms with E-state index in [2.05, 4.69) is 15.5 Å². The Morgan fingerprint density at radius 1 is 1.10 bits per heavy atom. The van der Waals surface area contributed by atoms with Crippen LogP contribution in [-0.2, 0) is 14.6 Å². The maximum Gasteiger partial charge on any atom is 0.234 e. The summed E-state index contributed by atoms with van der Waals surface area (Å²) in [5, 5.41) is 11.1. The predicted molar refractivity (Wildman–Crippen MR) is 116 cm³/mol. The lowest BCUT2D eigenvalue weighted by molar-refractivity contribution is -0.113. The summed E-state index contributed by atoms with van der Waals surface area (Å²) in [7, 11) is -2.23. The lowest BCUT2D eigenvalue weighted by Crippen LogP contribution is -2.14. The Labute approximate surface area is 183 Å². The zero-order chi connectivity index (χ0) is 21.7. The SMILES string of the molecule is COc1ccc(NC(=O)CSc2ccc(S(=O)(=O)c3ccc(C)cc3)nn2)cc1Cl. The molecule has 1 N–H and O–H groups in total. The van der Waals surface area contributed by atoms with Crippen molar-refractivity contribution in [3.63, 3.8) is 0 Å². The number of nitrogens with one attached hydrogen (secondary N) is 1. The number of carbonyl (C=O) groups is 1. The number of rotatable bonds is 7. The lowest BCUT2D eigenvalue weighted by atomic mass is 10.2. The van der Waals surface area contributed by atoms with E-state index in [9.17, 15) is 13.2 Å². The van der Waals surface area contributed by atoms with E-state index in [1.54, 1.807) is 30.3 Å². The molecule has 30 heavy (non-hydrogen) atoms. The zero-order valence-electron chi connectivity index (χ0n) is 16.1. The van der Waals surface area contributed by atoms with Gasteiger partial charge in [-0.1, -0.05) is 41.1 Å². The van der Waals surface area contributed by atoms with E-state index < -0.39 is 9.84 Å². The highest BCUT2D eigenvalue weighted by molar-refractivity contribution is 7.99. The summed E-state index contributed by atoms with van der Waals surface area (Å²) in [6.45, 7) is 1.88. The second kappa shape index (κ2) is 9.46. The molecule has 1 heterocycles. The maximum atomic E-state index is 12.6. The smallest absolute Gasteiger partial charge is 0.234 e. The van der Waals surface area contributed by atoms with Crippen molar-refractivity contribution >= 4 is 44.8 Å². The number of benzene rings is 2. The average Bonchev–Trinajstić information content (AvgIpc) is 2.73. The van der Waals surface area contributed by atoms with Crippen molar-refractivity contribution in [2.24, 2.45) is 0 Å². The van der Waals surface area contributed by atoms with Crippen LogP contribution >= 0.6 is 23.4 Å². The van der Waals surface area contributed by atoms with Gasteiger partial charge in [-0.05, 0) is 49.4 Å². The molecule has 10 heteroatoms. The highest BCUT2D eigenvalue weighted by Gasteiger charge is 2.20. The normalized spacial score (nSPS) is 11.2. The van der Waals surface area contributed by atoms with E-state index in [4.69, 9.17) is 16.3 Å². The first kappa shape index (κ1) is 22.1. The molecule has 7 nitrogen and oxygen atoms in total. The van der Waals surface area contributed by atoms with Gasteiger partial charge in [-0.25, -0.2) is 8.42 Å². The molecule has 0 spiro atoms. The number of hydrogen-bond acceptors (Lipinski definition) is 7. The number of aryl methyl sites for hydroxylation is 1. The van der Waals surface area contributed by atoms with Crippen LogP contribution in [0.2, 0.25) is 5.02 Å². The standard InChI is InChI=1S/C20H18ClN3O4S2/c1-13-3-6-15(7-4-13)30(26,27)20-10-9-19(23-24-20)29-12-18(25)22-14-5-8-17(28-2)16(21)11-14/h3-11H,12H2,1-2H3,(H,22,25). The van der Waals surface area contributed by atoms with Crippen LogP contribution in [0, 0.1) is 6.92 Å². The molecular weight excluding hydrogens is 446 g/mol. The molecule has 3 aromatic rings. The zero-order valence-corrected chi connectivity index (χ0v) is 18.5.